The monoisotopic (exact) mass is 520 g/mol. The molecule has 7 rings (SSSR count). The molecule has 2 aliphatic heterocycles. The van der Waals surface area contributed by atoms with Crippen LogP contribution in [0.2, 0.25) is 0 Å². The second-order valence-corrected chi connectivity index (χ2v) is 12.5. The lowest BCUT2D eigenvalue weighted by molar-refractivity contribution is -0.136. The summed E-state index contributed by atoms with van der Waals surface area (Å²) in [6, 6.07) is 4.24. The topological polar surface area (TPSA) is 108 Å². The Morgan fingerprint density at radius 1 is 0.816 bits per heavy atom. The third-order valence-electron chi connectivity index (χ3n) is 9.66. The molecule has 38 heavy (non-hydrogen) atoms. The van der Waals surface area contributed by atoms with Crippen LogP contribution in [0.1, 0.15) is 104 Å². The van der Waals surface area contributed by atoms with Gasteiger partial charge in [0.25, 0.3) is 11.8 Å². The van der Waals surface area contributed by atoms with Crippen LogP contribution in [-0.2, 0) is 9.59 Å². The van der Waals surface area contributed by atoms with Gasteiger partial charge in [-0.2, -0.15) is 0 Å². The first-order chi connectivity index (χ1) is 18.4. The molecule has 1 aromatic rings. The number of nitrogens with one attached hydrogen (secondary N) is 3. The Hall–Kier alpha value is -2.74. The van der Waals surface area contributed by atoms with Gasteiger partial charge in [-0.1, -0.05) is 19.3 Å². The van der Waals surface area contributed by atoms with Crippen molar-refractivity contribution in [2.24, 2.45) is 17.8 Å². The Balaban J connectivity index is 0.895. The predicted octanol–water partition coefficient (Wildman–Crippen LogP) is 4.01. The SMILES string of the molecule is O=C1CCC(N2C(=O)c3ccc(NCCCCCCCNC45CC6CC(CC(C6)C4)C5)cc3C2=O)C(=O)N1. The summed E-state index contributed by atoms with van der Waals surface area (Å²) >= 11 is 0. The van der Waals surface area contributed by atoms with Crippen LogP contribution in [0.25, 0.3) is 0 Å². The van der Waals surface area contributed by atoms with Crippen molar-refractivity contribution < 1.29 is 19.2 Å². The lowest BCUT2D eigenvalue weighted by Gasteiger charge is -2.57. The highest BCUT2D eigenvalue weighted by atomic mass is 16.2. The summed E-state index contributed by atoms with van der Waals surface area (Å²) in [5.74, 6) is 1.09. The van der Waals surface area contributed by atoms with E-state index in [1.165, 1.54) is 57.8 Å². The molecule has 4 amide bonds. The van der Waals surface area contributed by atoms with Crippen LogP contribution in [0, 0.1) is 17.8 Å². The first-order valence-corrected chi connectivity index (χ1v) is 14.8. The minimum atomic E-state index is -0.931. The number of anilines is 1. The number of carbonyl (C=O) groups is 4. The second-order valence-electron chi connectivity index (χ2n) is 12.5. The standard InChI is InChI=1S/C30H40N4O4/c35-26-9-8-25(27(36)33-26)34-28(37)23-7-6-22(15-24(23)29(34)38)31-10-4-2-1-3-5-11-32-30-16-19-12-20(17-30)14-21(13-19)18-30/h6-7,15,19-21,25,31-32H,1-5,8-14,16-18H2,(H,33,35,36). The van der Waals surface area contributed by atoms with Gasteiger partial charge in [0.05, 0.1) is 11.1 Å². The molecule has 5 fully saturated rings. The van der Waals surface area contributed by atoms with Crippen molar-refractivity contribution in [3.05, 3.63) is 29.3 Å². The molecular formula is C30H40N4O4. The van der Waals surface area contributed by atoms with Crippen molar-refractivity contribution in [3.63, 3.8) is 0 Å². The van der Waals surface area contributed by atoms with E-state index in [0.717, 1.165) is 54.3 Å². The summed E-state index contributed by atoms with van der Waals surface area (Å²) in [6.07, 6.45) is 15.0. The number of nitrogens with zero attached hydrogens (tertiary/aromatic N) is 1. The van der Waals surface area contributed by atoms with Gasteiger partial charge in [0.1, 0.15) is 6.04 Å². The van der Waals surface area contributed by atoms with E-state index in [-0.39, 0.29) is 18.7 Å². The van der Waals surface area contributed by atoms with E-state index in [9.17, 15) is 19.2 Å². The fourth-order valence-corrected chi connectivity index (χ4v) is 8.27. The number of hydrogen-bond donors (Lipinski definition) is 3. The maximum absolute atomic E-state index is 13.0. The number of unbranched alkanes of at least 4 members (excludes halogenated alkanes) is 4. The number of rotatable bonds is 11. The van der Waals surface area contributed by atoms with Gasteiger partial charge < -0.3 is 10.6 Å². The lowest BCUT2D eigenvalue weighted by Crippen LogP contribution is -2.58. The molecule has 0 radical (unpaired) electrons. The number of hydrogen-bond acceptors (Lipinski definition) is 6. The molecule has 4 bridgehead atoms. The van der Waals surface area contributed by atoms with E-state index in [1.54, 1.807) is 12.1 Å². The van der Waals surface area contributed by atoms with Crippen molar-refractivity contribution in [2.45, 2.75) is 95.1 Å². The number of amides is 4. The molecule has 3 N–H and O–H groups in total. The van der Waals surface area contributed by atoms with E-state index in [4.69, 9.17) is 0 Å². The van der Waals surface area contributed by atoms with Crippen LogP contribution >= 0.6 is 0 Å². The van der Waals surface area contributed by atoms with Gasteiger partial charge in [-0.25, -0.2) is 0 Å². The highest BCUT2D eigenvalue weighted by Crippen LogP contribution is 2.55. The fraction of sp³-hybridized carbons (Fsp3) is 0.667. The Morgan fingerprint density at radius 3 is 2.13 bits per heavy atom. The molecule has 204 valence electrons. The Bertz CT molecular complexity index is 1100. The lowest BCUT2D eigenvalue weighted by atomic mass is 9.53. The Morgan fingerprint density at radius 2 is 1.45 bits per heavy atom. The van der Waals surface area contributed by atoms with Crippen LogP contribution in [0.15, 0.2) is 18.2 Å². The van der Waals surface area contributed by atoms with Crippen molar-refractivity contribution >= 4 is 29.3 Å². The van der Waals surface area contributed by atoms with Gasteiger partial charge >= 0.3 is 0 Å². The van der Waals surface area contributed by atoms with E-state index < -0.39 is 23.8 Å². The highest BCUT2D eigenvalue weighted by Gasteiger charge is 2.50. The van der Waals surface area contributed by atoms with Gasteiger partial charge in [0, 0.05) is 24.2 Å². The van der Waals surface area contributed by atoms with Gasteiger partial charge in [-0.05, 0) is 100 Å². The molecule has 8 heteroatoms. The molecule has 1 atom stereocenters. The maximum atomic E-state index is 13.0. The summed E-state index contributed by atoms with van der Waals surface area (Å²) < 4.78 is 0. The molecule has 6 aliphatic rings. The number of piperidine rings is 1. The molecular weight excluding hydrogens is 480 g/mol. The van der Waals surface area contributed by atoms with Gasteiger partial charge in [-0.15, -0.1) is 0 Å². The first-order valence-electron chi connectivity index (χ1n) is 14.8. The zero-order valence-electron chi connectivity index (χ0n) is 22.2. The Kier molecular flexibility index (Phi) is 7.01. The van der Waals surface area contributed by atoms with Gasteiger partial charge in [0.2, 0.25) is 11.8 Å². The number of fused-ring (bicyclic) bond motifs is 1. The largest absolute Gasteiger partial charge is 0.385 e. The molecule has 0 spiro atoms. The molecule has 1 unspecified atom stereocenters. The van der Waals surface area contributed by atoms with E-state index >= 15 is 0 Å². The molecule has 2 heterocycles. The maximum Gasteiger partial charge on any atom is 0.262 e. The van der Waals surface area contributed by atoms with E-state index in [1.807, 2.05) is 6.07 Å². The molecule has 0 aromatic heterocycles. The van der Waals surface area contributed by atoms with E-state index in [2.05, 4.69) is 16.0 Å². The molecule has 1 saturated heterocycles. The highest BCUT2D eigenvalue weighted by molar-refractivity contribution is 6.23. The van der Waals surface area contributed by atoms with Crippen LogP contribution in [0.3, 0.4) is 0 Å². The van der Waals surface area contributed by atoms with Crippen molar-refractivity contribution in [1.82, 2.24) is 15.5 Å². The predicted molar refractivity (Wildman–Crippen MR) is 144 cm³/mol. The zero-order valence-corrected chi connectivity index (χ0v) is 22.2. The summed E-state index contributed by atoms with van der Waals surface area (Å²) in [5.41, 5.74) is 1.90. The van der Waals surface area contributed by atoms with Crippen LogP contribution in [0.4, 0.5) is 5.69 Å². The average molecular weight is 521 g/mol. The number of carbonyl (C=O) groups excluding carboxylic acids is 4. The normalized spacial score (nSPS) is 31.6. The smallest absolute Gasteiger partial charge is 0.262 e. The summed E-state index contributed by atoms with van der Waals surface area (Å²) in [5, 5.41) is 9.61. The summed E-state index contributed by atoms with van der Waals surface area (Å²) in [7, 11) is 0. The minimum absolute atomic E-state index is 0.120. The molecule has 4 aliphatic carbocycles. The molecule has 4 saturated carbocycles. The average Bonchev–Trinajstić information content (AvgIpc) is 3.11. The second kappa shape index (κ2) is 10.4. The first kappa shape index (κ1) is 25.5. The quantitative estimate of drug-likeness (QED) is 0.301. The van der Waals surface area contributed by atoms with Crippen molar-refractivity contribution in [3.8, 4) is 0 Å². The minimum Gasteiger partial charge on any atom is -0.385 e. The van der Waals surface area contributed by atoms with Crippen molar-refractivity contribution in [1.29, 1.82) is 0 Å². The molecule has 1 aromatic carbocycles. The fourth-order valence-electron chi connectivity index (χ4n) is 8.27. The van der Waals surface area contributed by atoms with Crippen LogP contribution in [-0.4, -0.2) is 53.2 Å². The Labute approximate surface area is 224 Å². The zero-order chi connectivity index (χ0) is 26.3. The summed E-state index contributed by atoms with van der Waals surface area (Å²) in [6.45, 7) is 1.96. The van der Waals surface area contributed by atoms with Gasteiger partial charge in [-0.3, -0.25) is 29.4 Å². The number of imide groups is 2. The van der Waals surface area contributed by atoms with Gasteiger partial charge in [0.15, 0.2) is 0 Å². The third kappa shape index (κ3) is 4.99. The van der Waals surface area contributed by atoms with Crippen LogP contribution in [0.5, 0.6) is 0 Å². The van der Waals surface area contributed by atoms with Crippen LogP contribution < -0.4 is 16.0 Å². The van der Waals surface area contributed by atoms with E-state index in [0.29, 0.717) is 16.7 Å². The third-order valence-corrected chi connectivity index (χ3v) is 9.66. The molecule has 8 nitrogen and oxygen atoms in total. The van der Waals surface area contributed by atoms with Crippen molar-refractivity contribution in [2.75, 3.05) is 18.4 Å². The number of benzene rings is 1. The summed E-state index contributed by atoms with van der Waals surface area (Å²) in [4.78, 5) is 50.5.